The lowest BCUT2D eigenvalue weighted by Gasteiger charge is -2.46. The molecular weight excluding hydrogens is 929 g/mol. The molecule has 1 aliphatic carbocycles. The summed E-state index contributed by atoms with van der Waals surface area (Å²) in [6, 6.07) is 18.6. The second kappa shape index (κ2) is 19.3. The smallest absolute Gasteiger partial charge is 0.407 e. The van der Waals surface area contributed by atoms with Crippen LogP contribution in [0.4, 0.5) is 20.6 Å². The number of piperidine rings is 1. The second-order valence-electron chi connectivity index (χ2n) is 20.1. The zero-order chi connectivity index (χ0) is 49.5. The van der Waals surface area contributed by atoms with Crippen molar-refractivity contribution in [2.75, 3.05) is 50.8 Å². The second-order valence-corrected chi connectivity index (χ2v) is 22.3. The number of nitrogens with zero attached hydrogens (tertiary/aromatic N) is 5. The Bertz CT molecular complexity index is 2910. The van der Waals surface area contributed by atoms with Gasteiger partial charge in [0.15, 0.2) is 5.75 Å². The number of amides is 2. The number of carboxylic acid groups (broad SMARTS) is 1. The van der Waals surface area contributed by atoms with E-state index in [1.54, 1.807) is 45.2 Å². The summed E-state index contributed by atoms with van der Waals surface area (Å²) in [5.74, 6) is -1.10. The molecule has 3 N–H and O–H groups in total. The number of hydrogen-bond acceptors (Lipinski definition) is 11. The third-order valence-electron chi connectivity index (χ3n) is 13.5. The van der Waals surface area contributed by atoms with Gasteiger partial charge in [-0.15, -0.1) is 0 Å². The van der Waals surface area contributed by atoms with Gasteiger partial charge in [0.1, 0.15) is 29.4 Å². The molecule has 2 saturated heterocycles. The summed E-state index contributed by atoms with van der Waals surface area (Å²) in [6.07, 6.45) is 4.74. The fourth-order valence-electron chi connectivity index (χ4n) is 9.52. The molecule has 0 bridgehead atoms. The van der Waals surface area contributed by atoms with Gasteiger partial charge < -0.3 is 29.4 Å². The predicted molar refractivity (Wildman–Crippen MR) is 262 cm³/mol. The highest BCUT2D eigenvalue weighted by Gasteiger charge is 2.47. The van der Waals surface area contributed by atoms with Crippen molar-refractivity contribution in [1.82, 2.24) is 24.5 Å². The largest absolute Gasteiger partial charge is 0.483 e. The molecule has 16 nitrogen and oxygen atoms in total. The van der Waals surface area contributed by atoms with Crippen molar-refractivity contribution in [2.24, 2.45) is 10.8 Å². The number of nitro benzene ring substituents is 1. The number of aromatic nitrogens is 2. The maximum atomic E-state index is 16.2. The van der Waals surface area contributed by atoms with E-state index in [2.05, 4.69) is 45.7 Å². The predicted octanol–water partition coefficient (Wildman–Crippen LogP) is 10.1. The van der Waals surface area contributed by atoms with E-state index in [4.69, 9.17) is 21.1 Å². The number of rotatable bonds is 13. The average molecular weight is 987 g/mol. The van der Waals surface area contributed by atoms with E-state index in [-0.39, 0.29) is 36.1 Å². The number of benzene rings is 3. The Morgan fingerprint density at radius 3 is 2.43 bits per heavy atom. The number of nitro groups is 1. The van der Waals surface area contributed by atoms with Gasteiger partial charge in [-0.25, -0.2) is 27.3 Å². The summed E-state index contributed by atoms with van der Waals surface area (Å²) < 4.78 is 57.8. The van der Waals surface area contributed by atoms with Gasteiger partial charge >= 0.3 is 11.8 Å². The van der Waals surface area contributed by atoms with E-state index in [0.717, 1.165) is 68.2 Å². The fraction of sp³-hybridized carbons (Fsp3) is 0.420. The van der Waals surface area contributed by atoms with Crippen molar-refractivity contribution in [1.29, 1.82) is 0 Å². The first-order valence-electron chi connectivity index (χ1n) is 22.9. The minimum absolute atomic E-state index is 0.0552. The number of likely N-dealkylation sites (tertiary alicyclic amines) is 1. The van der Waals surface area contributed by atoms with Crippen molar-refractivity contribution in [3.63, 3.8) is 0 Å². The van der Waals surface area contributed by atoms with Gasteiger partial charge in [-0.3, -0.25) is 19.8 Å². The van der Waals surface area contributed by atoms with Crippen LogP contribution >= 0.6 is 11.6 Å². The van der Waals surface area contributed by atoms with Crippen LogP contribution in [0.3, 0.4) is 0 Å². The van der Waals surface area contributed by atoms with Crippen LogP contribution in [-0.4, -0.2) is 108 Å². The molecule has 366 valence electrons. The third-order valence-corrected chi connectivity index (χ3v) is 15.1. The molecule has 5 aromatic rings. The molecule has 8 rings (SSSR count). The molecule has 2 aromatic heterocycles. The number of pyridine rings is 1. The van der Waals surface area contributed by atoms with Crippen LogP contribution in [0.15, 0.2) is 95.7 Å². The van der Waals surface area contributed by atoms with E-state index in [1.165, 1.54) is 33.9 Å². The highest BCUT2D eigenvalue weighted by atomic mass is 35.5. The van der Waals surface area contributed by atoms with Crippen molar-refractivity contribution in [3.8, 4) is 17.2 Å². The van der Waals surface area contributed by atoms with E-state index >= 15 is 4.39 Å². The van der Waals surface area contributed by atoms with Crippen molar-refractivity contribution < 1.29 is 41.9 Å². The first-order chi connectivity index (χ1) is 32.6. The number of nitrogens with one attached hydrogen (secondary N) is 2. The molecule has 3 aromatic carbocycles. The molecule has 2 unspecified atom stereocenters. The standard InChI is InChI=1S/C50H57ClFN7O9S/c1-48(2,3)44-28-50(52,17-19-58(44)47(61)62)31-67-42-13-11-38(26-41(42)59(63)64)69(65,66)55-46(60)39-12-10-36(25-43(39)68-37-24-33-15-18-53-45(33)54-29-37)57-22-20-56(21-23-57)30-34-14-16-49(4,5)27-40(34)32-6-8-35(51)9-7-32/h6-13,15,18,24-26,29,44H,14,16-17,19-23,27-28,30-31H2,1-5H3,(H,53,54)(H,55,60)(H,61,62). The highest BCUT2D eigenvalue weighted by Crippen LogP contribution is 2.44. The van der Waals surface area contributed by atoms with Gasteiger partial charge in [-0.05, 0) is 89.8 Å². The maximum absolute atomic E-state index is 16.2. The number of carbonyl (C=O) groups excluding carboxylic acids is 1. The molecule has 19 heteroatoms. The van der Waals surface area contributed by atoms with Gasteiger partial charge in [-0.2, -0.15) is 0 Å². The first kappa shape index (κ1) is 49.2. The number of piperazine rings is 1. The molecule has 4 heterocycles. The Morgan fingerprint density at radius 2 is 1.74 bits per heavy atom. The summed E-state index contributed by atoms with van der Waals surface area (Å²) in [6.45, 7) is 13.0. The quantitative estimate of drug-likeness (QED) is 0.0746. The van der Waals surface area contributed by atoms with Crippen LogP contribution in [0.5, 0.6) is 17.2 Å². The molecule has 69 heavy (non-hydrogen) atoms. The average Bonchev–Trinajstić information content (AvgIpc) is 3.77. The van der Waals surface area contributed by atoms with Crippen LogP contribution in [-0.2, 0) is 10.0 Å². The highest BCUT2D eigenvalue weighted by molar-refractivity contribution is 7.90. The molecular formula is C50H57ClFN7O9S. The van der Waals surface area contributed by atoms with Gasteiger partial charge in [0.25, 0.3) is 15.9 Å². The fourth-order valence-corrected chi connectivity index (χ4v) is 10.6. The SMILES string of the molecule is CC1(C)CCC(CN2CCN(c3ccc(C(=O)NS(=O)(=O)c4ccc(OCC5(F)CCN(C(=O)O)C(C(C)(C)C)C5)c([N+](=O)[O-])c4)c(Oc4cnc5[nH]ccc5c4)c3)CC2)=C(c2ccc(Cl)cc2)C1. The van der Waals surface area contributed by atoms with Crippen molar-refractivity contribution >= 4 is 61.6 Å². The number of sulfonamides is 1. The van der Waals surface area contributed by atoms with Crippen LogP contribution in [0, 0.1) is 20.9 Å². The molecule has 2 aliphatic heterocycles. The lowest BCUT2D eigenvalue weighted by Crippen LogP contribution is -2.57. The molecule has 2 atom stereocenters. The molecule has 2 fully saturated rings. The first-order valence-corrected chi connectivity index (χ1v) is 24.8. The number of aromatic amines is 1. The Labute approximate surface area is 405 Å². The van der Waals surface area contributed by atoms with Gasteiger partial charge in [-0.1, -0.05) is 63.9 Å². The lowest BCUT2D eigenvalue weighted by atomic mass is 9.72. The van der Waals surface area contributed by atoms with Crippen LogP contribution < -0.4 is 19.1 Å². The lowest BCUT2D eigenvalue weighted by molar-refractivity contribution is -0.386. The Kier molecular flexibility index (Phi) is 13.7. The Morgan fingerprint density at radius 1 is 1.00 bits per heavy atom. The van der Waals surface area contributed by atoms with E-state index in [9.17, 15) is 33.2 Å². The number of fused-ring (bicyclic) bond motifs is 1. The summed E-state index contributed by atoms with van der Waals surface area (Å²) in [5.41, 5.74) is 2.06. The maximum Gasteiger partial charge on any atom is 0.407 e. The van der Waals surface area contributed by atoms with E-state index in [1.807, 2.05) is 22.9 Å². The van der Waals surface area contributed by atoms with Crippen molar-refractivity contribution in [3.05, 3.63) is 117 Å². The molecule has 0 saturated carbocycles. The van der Waals surface area contributed by atoms with Crippen LogP contribution in [0.25, 0.3) is 16.6 Å². The normalized spacial score (nSPS) is 20.2. The topological polar surface area (TPSA) is 201 Å². The molecule has 2 amide bonds. The Hall–Kier alpha value is -6.24. The minimum Gasteiger partial charge on any atom is -0.483 e. The zero-order valence-electron chi connectivity index (χ0n) is 39.3. The number of anilines is 1. The van der Waals surface area contributed by atoms with Gasteiger partial charge in [0.2, 0.25) is 0 Å². The summed E-state index contributed by atoms with van der Waals surface area (Å²) >= 11 is 6.24. The number of alkyl halides is 1. The van der Waals surface area contributed by atoms with Crippen molar-refractivity contribution in [2.45, 2.75) is 83.3 Å². The number of hydrogen-bond donors (Lipinski definition) is 3. The number of allylic oxidation sites excluding steroid dienone is 1. The number of ether oxygens (including phenoxy) is 2. The molecule has 3 aliphatic rings. The summed E-state index contributed by atoms with van der Waals surface area (Å²) in [4.78, 5) is 50.0. The van der Waals surface area contributed by atoms with Crippen LogP contribution in [0.1, 0.15) is 82.6 Å². The number of H-pyrrole nitrogens is 1. The molecule has 0 radical (unpaired) electrons. The number of carbonyl (C=O) groups is 2. The van der Waals surface area contributed by atoms with Gasteiger partial charge in [0.05, 0.1) is 21.6 Å². The van der Waals surface area contributed by atoms with Crippen LogP contribution in [0.2, 0.25) is 5.02 Å². The summed E-state index contributed by atoms with van der Waals surface area (Å²) in [5, 5.41) is 23.4. The van der Waals surface area contributed by atoms with Gasteiger partial charge in [0, 0.05) is 92.6 Å². The zero-order valence-corrected chi connectivity index (χ0v) is 40.8. The minimum atomic E-state index is -4.75. The third kappa shape index (κ3) is 11.3. The number of halogens is 2. The molecule has 0 spiro atoms. The van der Waals surface area contributed by atoms with E-state index in [0.29, 0.717) is 29.5 Å². The van der Waals surface area contributed by atoms with E-state index < -0.39 is 67.0 Å². The monoisotopic (exact) mass is 985 g/mol. The summed E-state index contributed by atoms with van der Waals surface area (Å²) in [7, 11) is -4.75. The Balaban J connectivity index is 0.993.